The Morgan fingerprint density at radius 1 is 0.462 bits per heavy atom. The van der Waals surface area contributed by atoms with E-state index in [2.05, 4.69) is 99.1 Å². The molecule has 1 heteroatoms. The molecular formula is C25H23Br. The predicted molar refractivity (Wildman–Crippen MR) is 118 cm³/mol. The Morgan fingerprint density at radius 2 is 0.808 bits per heavy atom. The maximum atomic E-state index is 3.87. The minimum absolute atomic E-state index is 1.18. The van der Waals surface area contributed by atoms with E-state index in [-0.39, 0.29) is 0 Å². The van der Waals surface area contributed by atoms with E-state index in [1.165, 1.54) is 65.0 Å². The molecule has 0 radical (unpaired) electrons. The zero-order chi connectivity index (χ0) is 18.6. The van der Waals surface area contributed by atoms with Gasteiger partial charge in [0.2, 0.25) is 0 Å². The predicted octanol–water partition coefficient (Wildman–Crippen LogP) is 7.96. The lowest BCUT2D eigenvalue weighted by Gasteiger charge is -2.22. The van der Waals surface area contributed by atoms with Crippen LogP contribution in [0, 0.1) is 34.6 Å². The van der Waals surface area contributed by atoms with Crippen molar-refractivity contribution in [3.63, 3.8) is 0 Å². The molecule has 0 N–H and O–H groups in total. The Hall–Kier alpha value is -2.12. The van der Waals surface area contributed by atoms with Crippen LogP contribution in [0.15, 0.2) is 53.0 Å². The first-order valence-electron chi connectivity index (χ1n) is 9.09. The van der Waals surface area contributed by atoms with Crippen LogP contribution in [0.3, 0.4) is 0 Å². The van der Waals surface area contributed by atoms with Gasteiger partial charge in [0, 0.05) is 4.47 Å². The molecule has 0 aliphatic rings. The van der Waals surface area contributed by atoms with E-state index in [4.69, 9.17) is 0 Å². The summed E-state index contributed by atoms with van der Waals surface area (Å²) in [5, 5.41) is 5.17. The van der Waals surface area contributed by atoms with Gasteiger partial charge in [0.1, 0.15) is 0 Å². The van der Waals surface area contributed by atoms with Gasteiger partial charge in [0.25, 0.3) is 0 Å². The summed E-state index contributed by atoms with van der Waals surface area (Å²) in [6, 6.07) is 17.5. The quantitative estimate of drug-likeness (QED) is 0.283. The van der Waals surface area contributed by atoms with E-state index in [0.717, 1.165) is 0 Å². The molecule has 0 aromatic heterocycles. The fraction of sp³-hybridized carbons (Fsp3) is 0.200. The molecule has 0 amide bonds. The van der Waals surface area contributed by atoms with Crippen LogP contribution in [0.25, 0.3) is 32.7 Å². The Kier molecular flexibility index (Phi) is 4.16. The third-order valence-corrected chi connectivity index (χ3v) is 6.97. The third-order valence-electron chi connectivity index (χ3n) is 6.12. The van der Waals surface area contributed by atoms with Crippen LogP contribution < -0.4 is 0 Å². The summed E-state index contributed by atoms with van der Waals surface area (Å²) in [5.74, 6) is 0. The largest absolute Gasteiger partial charge is 0.0616 e. The van der Waals surface area contributed by atoms with Crippen LogP contribution in [-0.2, 0) is 0 Å². The Labute approximate surface area is 164 Å². The molecule has 0 saturated carbocycles. The highest BCUT2D eigenvalue weighted by atomic mass is 79.9. The monoisotopic (exact) mass is 402 g/mol. The minimum Gasteiger partial charge on any atom is -0.0616 e. The standard InChI is InChI=1S/C25H23Br/c1-14-15(2)17(4)23(18(5)16(14)3)24-19-10-6-8-12-21(19)25(26)22-13-9-7-11-20(22)24/h6-13H,1-5H3. The zero-order valence-corrected chi connectivity index (χ0v) is 17.6. The minimum atomic E-state index is 1.18. The molecule has 0 atom stereocenters. The second-order valence-corrected chi connectivity index (χ2v) is 8.07. The van der Waals surface area contributed by atoms with E-state index in [9.17, 15) is 0 Å². The summed E-state index contributed by atoms with van der Waals surface area (Å²) in [4.78, 5) is 0. The summed E-state index contributed by atoms with van der Waals surface area (Å²) in [6.45, 7) is 11.3. The highest BCUT2D eigenvalue weighted by molar-refractivity contribution is 9.10. The zero-order valence-electron chi connectivity index (χ0n) is 16.0. The first kappa shape index (κ1) is 17.3. The molecule has 0 nitrogen and oxygen atoms in total. The average Bonchev–Trinajstić information content (AvgIpc) is 2.67. The number of benzene rings is 4. The third kappa shape index (κ3) is 2.34. The topological polar surface area (TPSA) is 0 Å². The summed E-state index contributed by atoms with van der Waals surface area (Å²) in [6.07, 6.45) is 0. The van der Waals surface area contributed by atoms with Gasteiger partial charge in [-0.15, -0.1) is 0 Å². The normalized spacial score (nSPS) is 11.5. The van der Waals surface area contributed by atoms with E-state index in [1.807, 2.05) is 0 Å². The maximum absolute atomic E-state index is 3.87. The molecule has 0 fully saturated rings. The number of hydrogen-bond donors (Lipinski definition) is 0. The Balaban J connectivity index is 2.32. The smallest absolute Gasteiger partial charge is 0.0332 e. The second kappa shape index (κ2) is 6.25. The maximum Gasteiger partial charge on any atom is 0.0332 e. The summed E-state index contributed by atoms with van der Waals surface area (Å²) in [5.41, 5.74) is 9.75. The molecule has 0 heterocycles. The van der Waals surface area contributed by atoms with Gasteiger partial charge in [0.05, 0.1) is 0 Å². The molecule has 0 saturated heterocycles. The first-order chi connectivity index (χ1) is 12.4. The summed E-state index contributed by atoms with van der Waals surface area (Å²) >= 11 is 3.87. The average molecular weight is 403 g/mol. The Morgan fingerprint density at radius 3 is 1.23 bits per heavy atom. The molecule has 4 aromatic carbocycles. The van der Waals surface area contributed by atoms with Gasteiger partial charge < -0.3 is 0 Å². The van der Waals surface area contributed by atoms with Crippen molar-refractivity contribution in [3.8, 4) is 11.1 Å². The molecule has 4 aromatic rings. The van der Waals surface area contributed by atoms with Crippen molar-refractivity contribution in [2.75, 3.05) is 0 Å². The van der Waals surface area contributed by atoms with Crippen molar-refractivity contribution in [1.29, 1.82) is 0 Å². The van der Waals surface area contributed by atoms with Gasteiger partial charge >= 0.3 is 0 Å². The van der Waals surface area contributed by atoms with Crippen molar-refractivity contribution in [2.24, 2.45) is 0 Å². The SMILES string of the molecule is Cc1c(C)c(C)c(-c2c3ccccc3c(Br)c3ccccc23)c(C)c1C. The van der Waals surface area contributed by atoms with Crippen LogP contribution in [0.2, 0.25) is 0 Å². The number of halogens is 1. The van der Waals surface area contributed by atoms with E-state index in [0.29, 0.717) is 0 Å². The molecular weight excluding hydrogens is 380 g/mol. The molecule has 4 rings (SSSR count). The van der Waals surface area contributed by atoms with Gasteiger partial charge in [-0.2, -0.15) is 0 Å². The van der Waals surface area contributed by atoms with Gasteiger partial charge in [-0.3, -0.25) is 0 Å². The molecule has 0 bridgehead atoms. The summed E-state index contributed by atoms with van der Waals surface area (Å²) in [7, 11) is 0. The van der Waals surface area contributed by atoms with Crippen molar-refractivity contribution < 1.29 is 0 Å². The van der Waals surface area contributed by atoms with Gasteiger partial charge in [0.15, 0.2) is 0 Å². The van der Waals surface area contributed by atoms with E-state index >= 15 is 0 Å². The van der Waals surface area contributed by atoms with E-state index in [1.54, 1.807) is 0 Å². The van der Waals surface area contributed by atoms with Crippen LogP contribution in [0.1, 0.15) is 27.8 Å². The van der Waals surface area contributed by atoms with Crippen LogP contribution >= 0.6 is 15.9 Å². The first-order valence-corrected chi connectivity index (χ1v) is 9.89. The highest BCUT2D eigenvalue weighted by Gasteiger charge is 2.19. The van der Waals surface area contributed by atoms with Crippen molar-refractivity contribution >= 4 is 37.5 Å². The molecule has 26 heavy (non-hydrogen) atoms. The van der Waals surface area contributed by atoms with Crippen LogP contribution in [-0.4, -0.2) is 0 Å². The van der Waals surface area contributed by atoms with Gasteiger partial charge in [-0.05, 0) is 111 Å². The fourth-order valence-electron chi connectivity index (χ4n) is 4.22. The van der Waals surface area contributed by atoms with E-state index < -0.39 is 0 Å². The Bertz CT molecular complexity index is 1100. The molecule has 130 valence electrons. The lowest BCUT2D eigenvalue weighted by molar-refractivity contribution is 1.18. The number of fused-ring (bicyclic) bond motifs is 2. The number of rotatable bonds is 1. The fourth-order valence-corrected chi connectivity index (χ4v) is 4.91. The molecule has 0 unspecified atom stereocenters. The molecule has 0 aliphatic carbocycles. The van der Waals surface area contributed by atoms with Gasteiger partial charge in [-0.25, -0.2) is 0 Å². The molecule has 0 aliphatic heterocycles. The van der Waals surface area contributed by atoms with Crippen molar-refractivity contribution in [1.82, 2.24) is 0 Å². The van der Waals surface area contributed by atoms with Crippen molar-refractivity contribution in [2.45, 2.75) is 34.6 Å². The molecule has 0 spiro atoms. The second-order valence-electron chi connectivity index (χ2n) is 7.28. The lowest BCUT2D eigenvalue weighted by atomic mass is 9.82. The van der Waals surface area contributed by atoms with Crippen LogP contribution in [0.4, 0.5) is 0 Å². The van der Waals surface area contributed by atoms with Crippen molar-refractivity contribution in [3.05, 3.63) is 80.8 Å². The highest BCUT2D eigenvalue weighted by Crippen LogP contribution is 2.45. The van der Waals surface area contributed by atoms with Gasteiger partial charge in [-0.1, -0.05) is 48.5 Å². The van der Waals surface area contributed by atoms with Crippen LogP contribution in [0.5, 0.6) is 0 Å². The summed E-state index contributed by atoms with van der Waals surface area (Å²) < 4.78 is 1.18. The number of hydrogen-bond acceptors (Lipinski definition) is 0. The lowest BCUT2D eigenvalue weighted by Crippen LogP contribution is -2.00.